The summed E-state index contributed by atoms with van der Waals surface area (Å²) >= 11 is 0. The van der Waals surface area contributed by atoms with Gasteiger partial charge in [0.15, 0.2) is 0 Å². The molecular formula is C14H31N3O. The van der Waals surface area contributed by atoms with Gasteiger partial charge < -0.3 is 20.2 Å². The maximum atomic E-state index is 9.86. The molecule has 18 heavy (non-hydrogen) atoms. The van der Waals surface area contributed by atoms with Crippen molar-refractivity contribution >= 4 is 0 Å². The molecule has 1 aliphatic rings. The summed E-state index contributed by atoms with van der Waals surface area (Å²) in [6.45, 7) is 7.59. The molecule has 2 N–H and O–H groups in total. The summed E-state index contributed by atoms with van der Waals surface area (Å²) in [5, 5.41) is 13.5. The number of likely N-dealkylation sites (N-methyl/N-ethyl adjacent to an activating group) is 2. The summed E-state index contributed by atoms with van der Waals surface area (Å²) in [4.78, 5) is 4.54. The first-order valence-electron chi connectivity index (χ1n) is 7.11. The smallest absolute Gasteiger partial charge is 0.0628 e. The lowest BCUT2D eigenvalue weighted by Crippen LogP contribution is -2.59. The highest BCUT2D eigenvalue weighted by Crippen LogP contribution is 2.40. The van der Waals surface area contributed by atoms with Crippen molar-refractivity contribution in [1.82, 2.24) is 15.1 Å². The number of nitrogens with one attached hydrogen (secondary N) is 1. The molecule has 1 aliphatic carbocycles. The van der Waals surface area contributed by atoms with E-state index in [0.717, 1.165) is 19.6 Å². The van der Waals surface area contributed by atoms with Crippen molar-refractivity contribution < 1.29 is 5.11 Å². The highest BCUT2D eigenvalue weighted by atomic mass is 16.3. The summed E-state index contributed by atoms with van der Waals surface area (Å²) in [5.74, 6) is 0.645. The minimum Gasteiger partial charge on any atom is -0.394 e. The molecular weight excluding hydrogens is 226 g/mol. The van der Waals surface area contributed by atoms with Gasteiger partial charge in [-0.2, -0.15) is 0 Å². The van der Waals surface area contributed by atoms with E-state index < -0.39 is 0 Å². The lowest BCUT2D eigenvalue weighted by molar-refractivity contribution is 0.0909. The van der Waals surface area contributed by atoms with Gasteiger partial charge in [0, 0.05) is 25.7 Å². The third kappa shape index (κ3) is 4.84. The van der Waals surface area contributed by atoms with Crippen LogP contribution in [-0.2, 0) is 0 Å². The van der Waals surface area contributed by atoms with Gasteiger partial charge in [0.1, 0.15) is 0 Å². The minimum atomic E-state index is -0.102. The Morgan fingerprint density at radius 1 is 1.22 bits per heavy atom. The number of aliphatic hydroxyl groups is 1. The molecule has 1 saturated carbocycles. The zero-order chi connectivity index (χ0) is 13.8. The average Bonchev–Trinajstić information content (AvgIpc) is 3.08. The molecule has 1 rings (SSSR count). The van der Waals surface area contributed by atoms with Gasteiger partial charge in [-0.15, -0.1) is 0 Å². The molecule has 4 nitrogen and oxygen atoms in total. The third-order valence-electron chi connectivity index (χ3n) is 3.70. The van der Waals surface area contributed by atoms with Crippen molar-refractivity contribution in [2.24, 2.45) is 5.92 Å². The van der Waals surface area contributed by atoms with Gasteiger partial charge in [-0.1, -0.05) is 13.8 Å². The van der Waals surface area contributed by atoms with Crippen molar-refractivity contribution in [3.63, 3.8) is 0 Å². The van der Waals surface area contributed by atoms with E-state index in [9.17, 15) is 5.11 Å². The van der Waals surface area contributed by atoms with Crippen LogP contribution in [0.1, 0.15) is 26.7 Å². The van der Waals surface area contributed by atoms with E-state index in [1.807, 2.05) is 0 Å². The molecule has 1 fully saturated rings. The Morgan fingerprint density at radius 3 is 2.22 bits per heavy atom. The lowest BCUT2D eigenvalue weighted by atomic mass is 9.92. The van der Waals surface area contributed by atoms with Crippen LogP contribution in [0.2, 0.25) is 0 Å². The van der Waals surface area contributed by atoms with Crippen molar-refractivity contribution in [1.29, 1.82) is 0 Å². The molecule has 0 bridgehead atoms. The van der Waals surface area contributed by atoms with Gasteiger partial charge in [-0.25, -0.2) is 0 Å². The van der Waals surface area contributed by atoms with Crippen LogP contribution in [0.15, 0.2) is 0 Å². The minimum absolute atomic E-state index is 0.102. The number of aliphatic hydroxyl groups excluding tert-OH is 1. The van der Waals surface area contributed by atoms with Crippen LogP contribution in [0.3, 0.4) is 0 Å². The quantitative estimate of drug-likeness (QED) is 0.635. The highest BCUT2D eigenvalue weighted by molar-refractivity contribution is 5.03. The molecule has 0 saturated heterocycles. The van der Waals surface area contributed by atoms with Gasteiger partial charge in [-0.3, -0.25) is 0 Å². The molecule has 0 spiro atoms. The first-order chi connectivity index (χ1) is 8.39. The Kier molecular flexibility index (Phi) is 6.05. The summed E-state index contributed by atoms with van der Waals surface area (Å²) in [5.41, 5.74) is -0.102. The predicted octanol–water partition coefficient (Wildman–Crippen LogP) is 0.619. The molecule has 0 heterocycles. The van der Waals surface area contributed by atoms with Crippen LogP contribution in [0, 0.1) is 5.92 Å². The first-order valence-corrected chi connectivity index (χ1v) is 7.11. The van der Waals surface area contributed by atoms with E-state index in [0.29, 0.717) is 12.0 Å². The second-order valence-electron chi connectivity index (χ2n) is 6.43. The molecule has 1 atom stereocenters. The van der Waals surface area contributed by atoms with Gasteiger partial charge in [0.25, 0.3) is 0 Å². The molecule has 0 aromatic carbocycles. The van der Waals surface area contributed by atoms with E-state index in [2.05, 4.69) is 50.1 Å². The standard InChI is InChI=1S/C14H31N3O/c1-12(2)15-14(11-18,13-6-7-13)10-17(5)9-8-16(3)4/h12-13,15,18H,6-11H2,1-5H3. The van der Waals surface area contributed by atoms with Crippen LogP contribution in [0.4, 0.5) is 0 Å². The lowest BCUT2D eigenvalue weighted by Gasteiger charge is -2.39. The highest BCUT2D eigenvalue weighted by Gasteiger charge is 2.45. The van der Waals surface area contributed by atoms with Crippen molar-refractivity contribution in [3.8, 4) is 0 Å². The maximum Gasteiger partial charge on any atom is 0.0628 e. The fraction of sp³-hybridized carbons (Fsp3) is 1.00. The fourth-order valence-corrected chi connectivity index (χ4v) is 2.66. The fourth-order valence-electron chi connectivity index (χ4n) is 2.66. The van der Waals surface area contributed by atoms with Crippen LogP contribution < -0.4 is 5.32 Å². The summed E-state index contributed by atoms with van der Waals surface area (Å²) in [6, 6.07) is 0.417. The largest absolute Gasteiger partial charge is 0.394 e. The Bertz CT molecular complexity index is 241. The van der Waals surface area contributed by atoms with E-state index in [4.69, 9.17) is 0 Å². The Labute approximate surface area is 112 Å². The van der Waals surface area contributed by atoms with Crippen molar-refractivity contribution in [3.05, 3.63) is 0 Å². The summed E-state index contributed by atoms with van der Waals surface area (Å²) in [7, 11) is 6.35. The number of hydrogen-bond donors (Lipinski definition) is 2. The van der Waals surface area contributed by atoms with Gasteiger partial charge in [0.2, 0.25) is 0 Å². The van der Waals surface area contributed by atoms with Crippen molar-refractivity contribution in [2.45, 2.75) is 38.3 Å². The predicted molar refractivity (Wildman–Crippen MR) is 76.9 cm³/mol. The summed E-state index contributed by atoms with van der Waals surface area (Å²) in [6.07, 6.45) is 2.50. The van der Waals surface area contributed by atoms with E-state index in [-0.39, 0.29) is 12.1 Å². The van der Waals surface area contributed by atoms with Crippen molar-refractivity contribution in [2.75, 3.05) is 47.4 Å². The molecule has 0 amide bonds. The molecule has 1 unspecified atom stereocenters. The SMILES string of the molecule is CC(C)NC(CO)(CN(C)CCN(C)C)C1CC1. The normalized spacial score (nSPS) is 19.8. The van der Waals surface area contributed by atoms with E-state index in [1.54, 1.807) is 0 Å². The van der Waals surface area contributed by atoms with Crippen LogP contribution in [-0.4, -0.2) is 73.9 Å². The van der Waals surface area contributed by atoms with Gasteiger partial charge in [-0.05, 0) is 39.9 Å². The Hall–Kier alpha value is -0.160. The van der Waals surface area contributed by atoms with Crippen LogP contribution >= 0.6 is 0 Å². The summed E-state index contributed by atoms with van der Waals surface area (Å²) < 4.78 is 0. The maximum absolute atomic E-state index is 9.86. The zero-order valence-corrected chi connectivity index (χ0v) is 12.7. The second kappa shape index (κ2) is 6.85. The first kappa shape index (κ1) is 15.9. The third-order valence-corrected chi connectivity index (χ3v) is 3.70. The van der Waals surface area contributed by atoms with E-state index in [1.165, 1.54) is 12.8 Å². The number of hydrogen-bond acceptors (Lipinski definition) is 4. The molecule has 0 aromatic heterocycles. The van der Waals surface area contributed by atoms with Gasteiger partial charge in [0.05, 0.1) is 12.1 Å². The molecule has 4 heteroatoms. The second-order valence-corrected chi connectivity index (χ2v) is 6.43. The van der Waals surface area contributed by atoms with E-state index >= 15 is 0 Å². The molecule has 0 aromatic rings. The topological polar surface area (TPSA) is 38.7 Å². The van der Waals surface area contributed by atoms with Gasteiger partial charge >= 0.3 is 0 Å². The van der Waals surface area contributed by atoms with Crippen LogP contribution in [0.25, 0.3) is 0 Å². The molecule has 108 valence electrons. The average molecular weight is 257 g/mol. The number of nitrogens with zero attached hydrogens (tertiary/aromatic N) is 2. The Morgan fingerprint density at radius 2 is 1.83 bits per heavy atom. The number of rotatable bonds is 9. The van der Waals surface area contributed by atoms with Crippen LogP contribution in [0.5, 0.6) is 0 Å². The zero-order valence-electron chi connectivity index (χ0n) is 12.7. The monoisotopic (exact) mass is 257 g/mol. The molecule has 0 aliphatic heterocycles. The molecule has 0 radical (unpaired) electrons. The Balaban J connectivity index is 2.54.